The van der Waals surface area contributed by atoms with E-state index in [-0.39, 0.29) is 17.3 Å². The number of hydrogen-bond donors (Lipinski definition) is 3. The van der Waals surface area contributed by atoms with Gasteiger partial charge in [0.15, 0.2) is 0 Å². The van der Waals surface area contributed by atoms with E-state index in [0.717, 1.165) is 6.42 Å². The van der Waals surface area contributed by atoms with Crippen molar-refractivity contribution in [3.8, 4) is 0 Å². The molecule has 0 saturated heterocycles. The van der Waals surface area contributed by atoms with Crippen molar-refractivity contribution in [1.29, 1.82) is 0 Å². The molecule has 0 aliphatic carbocycles. The first kappa shape index (κ1) is 16.1. The van der Waals surface area contributed by atoms with Gasteiger partial charge in [-0.15, -0.1) is 11.6 Å². The van der Waals surface area contributed by atoms with Crippen LogP contribution in [0.5, 0.6) is 0 Å². The highest BCUT2D eigenvalue weighted by Crippen LogP contribution is 2.16. The summed E-state index contributed by atoms with van der Waals surface area (Å²) >= 11 is 5.51. The number of amidine groups is 1. The van der Waals surface area contributed by atoms with Gasteiger partial charge in [-0.05, 0) is 24.6 Å². The average Bonchev–Trinajstić information content (AvgIpc) is 2.97. The molecular weight excluding hydrogens is 314 g/mol. The van der Waals surface area contributed by atoms with Crippen LogP contribution in [0, 0.1) is 0 Å². The number of halogens is 1. The van der Waals surface area contributed by atoms with Gasteiger partial charge in [-0.1, -0.05) is 6.07 Å². The lowest BCUT2D eigenvalue weighted by Crippen LogP contribution is -2.29. The summed E-state index contributed by atoms with van der Waals surface area (Å²) in [5.74, 6) is 0.623. The van der Waals surface area contributed by atoms with Gasteiger partial charge in [-0.3, -0.25) is 9.71 Å². The first-order chi connectivity index (χ1) is 10.0. The SMILES string of the molecule is O=S(=O)(NC1=NCCC1)c1cccc(NCC(O)CCl)c1. The Morgan fingerprint density at radius 3 is 2.90 bits per heavy atom. The van der Waals surface area contributed by atoms with Crippen LogP contribution in [0.1, 0.15) is 12.8 Å². The molecule has 8 heteroatoms. The van der Waals surface area contributed by atoms with E-state index < -0.39 is 16.1 Å². The number of hydrogen-bond acceptors (Lipinski definition) is 5. The molecule has 6 nitrogen and oxygen atoms in total. The second kappa shape index (κ2) is 7.11. The van der Waals surface area contributed by atoms with E-state index >= 15 is 0 Å². The summed E-state index contributed by atoms with van der Waals surface area (Å²) in [5, 5.41) is 12.3. The van der Waals surface area contributed by atoms with Crippen LogP contribution in [0.15, 0.2) is 34.2 Å². The normalized spacial score (nSPS) is 16.4. The Labute approximate surface area is 129 Å². The van der Waals surface area contributed by atoms with Crippen molar-refractivity contribution in [3.63, 3.8) is 0 Å². The van der Waals surface area contributed by atoms with Gasteiger partial charge in [0, 0.05) is 25.2 Å². The molecule has 1 aromatic rings. The lowest BCUT2D eigenvalue weighted by molar-refractivity contribution is 0.211. The number of benzene rings is 1. The fourth-order valence-electron chi connectivity index (χ4n) is 1.90. The monoisotopic (exact) mass is 331 g/mol. The van der Waals surface area contributed by atoms with Crippen LogP contribution < -0.4 is 10.0 Å². The number of alkyl halides is 1. The summed E-state index contributed by atoms with van der Waals surface area (Å²) in [6, 6.07) is 6.40. The van der Waals surface area contributed by atoms with Crippen LogP contribution in [0.25, 0.3) is 0 Å². The summed E-state index contributed by atoms with van der Waals surface area (Å²) in [6.45, 7) is 0.920. The summed E-state index contributed by atoms with van der Waals surface area (Å²) < 4.78 is 27.0. The minimum atomic E-state index is -3.62. The van der Waals surface area contributed by atoms with Gasteiger partial charge < -0.3 is 10.4 Å². The first-order valence-electron chi connectivity index (χ1n) is 6.65. The Hall–Kier alpha value is -1.31. The topological polar surface area (TPSA) is 90.8 Å². The van der Waals surface area contributed by atoms with Crippen molar-refractivity contribution in [1.82, 2.24) is 4.72 Å². The summed E-state index contributed by atoms with van der Waals surface area (Å²) in [7, 11) is -3.62. The number of rotatable bonds is 6. The van der Waals surface area contributed by atoms with Gasteiger partial charge in [-0.25, -0.2) is 8.42 Å². The van der Waals surface area contributed by atoms with Crippen molar-refractivity contribution in [2.75, 3.05) is 24.3 Å². The molecule has 0 aromatic heterocycles. The van der Waals surface area contributed by atoms with Crippen LogP contribution in [0.3, 0.4) is 0 Å². The van der Waals surface area contributed by atoms with E-state index in [1.165, 1.54) is 12.1 Å². The van der Waals surface area contributed by atoms with E-state index in [9.17, 15) is 13.5 Å². The molecule has 1 atom stereocenters. The molecule has 1 aromatic carbocycles. The summed E-state index contributed by atoms with van der Waals surface area (Å²) in [4.78, 5) is 4.26. The Morgan fingerprint density at radius 2 is 2.24 bits per heavy atom. The maximum absolute atomic E-state index is 12.2. The Morgan fingerprint density at radius 1 is 1.43 bits per heavy atom. The van der Waals surface area contributed by atoms with Gasteiger partial charge in [-0.2, -0.15) is 0 Å². The number of aliphatic hydroxyl groups excluding tert-OH is 1. The fraction of sp³-hybridized carbons (Fsp3) is 0.462. The molecule has 21 heavy (non-hydrogen) atoms. The second-order valence-corrected chi connectivity index (χ2v) is 6.75. The zero-order chi connectivity index (χ0) is 15.3. The fourth-order valence-corrected chi connectivity index (χ4v) is 3.14. The smallest absolute Gasteiger partial charge is 0.262 e. The first-order valence-corrected chi connectivity index (χ1v) is 8.67. The predicted molar refractivity (Wildman–Crippen MR) is 83.5 cm³/mol. The molecule has 1 heterocycles. The third kappa shape index (κ3) is 4.59. The Kier molecular flexibility index (Phi) is 5.44. The predicted octanol–water partition coefficient (Wildman–Crippen LogP) is 1.17. The molecule has 1 aliphatic heterocycles. The molecule has 0 amide bonds. The molecule has 1 unspecified atom stereocenters. The van der Waals surface area contributed by atoms with Gasteiger partial charge in [0.2, 0.25) is 0 Å². The highest BCUT2D eigenvalue weighted by molar-refractivity contribution is 7.90. The third-order valence-corrected chi connectivity index (χ3v) is 4.73. The lowest BCUT2D eigenvalue weighted by atomic mass is 10.3. The molecule has 3 N–H and O–H groups in total. The molecule has 116 valence electrons. The molecule has 0 fully saturated rings. The summed E-state index contributed by atoms with van der Waals surface area (Å²) in [6.07, 6.45) is 0.840. The van der Waals surface area contributed by atoms with Crippen molar-refractivity contribution in [2.24, 2.45) is 4.99 Å². The molecule has 0 spiro atoms. The van der Waals surface area contributed by atoms with Gasteiger partial charge >= 0.3 is 0 Å². The number of aliphatic imine (C=N–C) groups is 1. The van der Waals surface area contributed by atoms with Crippen molar-refractivity contribution >= 4 is 33.1 Å². The summed E-state index contributed by atoms with van der Waals surface area (Å²) in [5.41, 5.74) is 0.607. The number of nitrogens with zero attached hydrogens (tertiary/aromatic N) is 1. The van der Waals surface area contributed by atoms with Gasteiger partial charge in [0.25, 0.3) is 10.0 Å². The van der Waals surface area contributed by atoms with E-state index in [4.69, 9.17) is 11.6 Å². The maximum atomic E-state index is 12.2. The van der Waals surface area contributed by atoms with Crippen LogP contribution in [-0.2, 0) is 10.0 Å². The van der Waals surface area contributed by atoms with Crippen LogP contribution in [-0.4, -0.2) is 44.4 Å². The Balaban J connectivity index is 2.08. The quantitative estimate of drug-likeness (QED) is 0.682. The third-order valence-electron chi connectivity index (χ3n) is 2.99. The van der Waals surface area contributed by atoms with E-state index in [2.05, 4.69) is 15.0 Å². The number of nitrogens with one attached hydrogen (secondary N) is 2. The van der Waals surface area contributed by atoms with E-state index in [1.54, 1.807) is 12.1 Å². The molecule has 0 saturated carbocycles. The zero-order valence-corrected chi connectivity index (χ0v) is 13.0. The van der Waals surface area contributed by atoms with Crippen molar-refractivity contribution in [3.05, 3.63) is 24.3 Å². The zero-order valence-electron chi connectivity index (χ0n) is 11.4. The van der Waals surface area contributed by atoms with E-state index in [0.29, 0.717) is 24.5 Å². The largest absolute Gasteiger partial charge is 0.390 e. The molecule has 0 radical (unpaired) electrons. The second-order valence-electron chi connectivity index (χ2n) is 4.75. The molecule has 0 bridgehead atoms. The molecule has 2 rings (SSSR count). The van der Waals surface area contributed by atoms with Gasteiger partial charge in [0.05, 0.1) is 16.9 Å². The number of sulfonamides is 1. The van der Waals surface area contributed by atoms with Crippen molar-refractivity contribution < 1.29 is 13.5 Å². The van der Waals surface area contributed by atoms with Gasteiger partial charge in [0.1, 0.15) is 5.84 Å². The van der Waals surface area contributed by atoms with Crippen LogP contribution >= 0.6 is 11.6 Å². The van der Waals surface area contributed by atoms with Crippen molar-refractivity contribution in [2.45, 2.75) is 23.8 Å². The number of anilines is 1. The minimum Gasteiger partial charge on any atom is -0.390 e. The molecule has 1 aliphatic rings. The minimum absolute atomic E-state index is 0.117. The Bertz CT molecular complexity index is 619. The lowest BCUT2D eigenvalue weighted by Gasteiger charge is -2.12. The van der Waals surface area contributed by atoms with E-state index in [1.807, 2.05) is 0 Å². The standard InChI is InChI=1S/C13H18ClN3O3S/c14-8-11(18)9-16-10-3-1-4-12(7-10)21(19,20)17-13-5-2-6-15-13/h1,3-4,7,11,16,18H,2,5-6,8-9H2,(H,15,17). The highest BCUT2D eigenvalue weighted by atomic mass is 35.5. The molecular formula is C13H18ClN3O3S. The average molecular weight is 332 g/mol. The number of aliphatic hydroxyl groups is 1. The maximum Gasteiger partial charge on any atom is 0.262 e. The van der Waals surface area contributed by atoms with Crippen LogP contribution in [0.4, 0.5) is 5.69 Å². The highest BCUT2D eigenvalue weighted by Gasteiger charge is 2.18. The van der Waals surface area contributed by atoms with Crippen LogP contribution in [0.2, 0.25) is 0 Å².